The molecule has 1 aromatic carbocycles. The van der Waals surface area contributed by atoms with Crippen LogP contribution >= 0.6 is 0 Å². The number of benzene rings is 1. The summed E-state index contributed by atoms with van der Waals surface area (Å²) in [5.74, 6) is 0.571. The Bertz CT molecular complexity index is 650. The molecule has 7 nitrogen and oxygen atoms in total. The fraction of sp³-hybridized carbons (Fsp3) is 0.562. The number of anilines is 1. The molecule has 0 aliphatic carbocycles. The lowest BCUT2D eigenvalue weighted by Gasteiger charge is -2.36. The molecule has 1 heterocycles. The summed E-state index contributed by atoms with van der Waals surface area (Å²) in [5.41, 5.74) is 1.10. The molecule has 0 saturated carbocycles. The smallest absolute Gasteiger partial charge is 0.223 e. The lowest BCUT2D eigenvalue weighted by molar-refractivity contribution is -0.131. The maximum absolute atomic E-state index is 12.2. The highest BCUT2D eigenvalue weighted by Gasteiger charge is 2.23. The quantitative estimate of drug-likeness (QED) is 0.748. The second-order valence-electron chi connectivity index (χ2n) is 5.91. The normalized spacial score (nSPS) is 15.7. The fourth-order valence-electron chi connectivity index (χ4n) is 2.56. The van der Waals surface area contributed by atoms with Crippen LogP contribution in [-0.2, 0) is 14.8 Å². The van der Waals surface area contributed by atoms with E-state index in [4.69, 9.17) is 4.74 Å². The highest BCUT2D eigenvalue weighted by atomic mass is 32.2. The lowest BCUT2D eigenvalue weighted by atomic mass is 10.2. The molecule has 1 aliphatic rings. The molecule has 0 atom stereocenters. The van der Waals surface area contributed by atoms with Gasteiger partial charge in [-0.3, -0.25) is 4.79 Å². The fourth-order valence-corrected chi connectivity index (χ4v) is 3.36. The van der Waals surface area contributed by atoms with E-state index in [1.165, 1.54) is 14.1 Å². The summed E-state index contributed by atoms with van der Waals surface area (Å²) in [4.78, 5) is 16.2. The van der Waals surface area contributed by atoms with Gasteiger partial charge in [-0.05, 0) is 24.3 Å². The van der Waals surface area contributed by atoms with Crippen molar-refractivity contribution in [2.45, 2.75) is 6.42 Å². The molecule has 1 aliphatic heterocycles. The zero-order valence-electron chi connectivity index (χ0n) is 14.4. The molecular formula is C16H25N3O4S. The molecule has 1 amide bonds. The van der Waals surface area contributed by atoms with Crippen molar-refractivity contribution in [1.82, 2.24) is 9.21 Å². The van der Waals surface area contributed by atoms with Crippen LogP contribution in [0.15, 0.2) is 24.3 Å². The highest BCUT2D eigenvalue weighted by Crippen LogP contribution is 2.20. The molecule has 0 aromatic heterocycles. The van der Waals surface area contributed by atoms with Crippen LogP contribution in [0.1, 0.15) is 6.42 Å². The van der Waals surface area contributed by atoms with Gasteiger partial charge in [-0.25, -0.2) is 12.7 Å². The molecule has 0 spiro atoms. The molecule has 1 fully saturated rings. The number of sulfonamides is 1. The van der Waals surface area contributed by atoms with Gasteiger partial charge in [0.05, 0.1) is 12.9 Å². The van der Waals surface area contributed by atoms with Crippen LogP contribution in [0.2, 0.25) is 0 Å². The van der Waals surface area contributed by atoms with Crippen molar-refractivity contribution in [2.75, 3.05) is 58.0 Å². The minimum Gasteiger partial charge on any atom is -0.497 e. The summed E-state index contributed by atoms with van der Waals surface area (Å²) in [6.45, 7) is 2.68. The van der Waals surface area contributed by atoms with Gasteiger partial charge in [-0.2, -0.15) is 0 Å². The number of methoxy groups -OCH3 is 1. The van der Waals surface area contributed by atoms with E-state index < -0.39 is 10.0 Å². The van der Waals surface area contributed by atoms with Gasteiger partial charge in [0, 0.05) is 52.4 Å². The number of nitrogens with zero attached hydrogens (tertiary/aromatic N) is 3. The van der Waals surface area contributed by atoms with Crippen LogP contribution in [0.3, 0.4) is 0 Å². The third kappa shape index (κ3) is 4.61. The standard InChI is InChI=1S/C16H25N3O4S/c1-17(2)24(21,22)13-8-16(20)19-11-9-18(10-12-19)14-4-6-15(23-3)7-5-14/h4-7H,8-13H2,1-3H3. The molecule has 24 heavy (non-hydrogen) atoms. The van der Waals surface area contributed by atoms with Crippen molar-refractivity contribution in [1.29, 1.82) is 0 Å². The van der Waals surface area contributed by atoms with Crippen molar-refractivity contribution in [3.05, 3.63) is 24.3 Å². The van der Waals surface area contributed by atoms with Gasteiger partial charge in [-0.1, -0.05) is 0 Å². The Hall–Kier alpha value is -1.80. The van der Waals surface area contributed by atoms with Gasteiger partial charge in [0.25, 0.3) is 0 Å². The molecule has 0 N–H and O–H groups in total. The van der Waals surface area contributed by atoms with Gasteiger partial charge < -0.3 is 14.5 Å². The Morgan fingerprint density at radius 3 is 2.21 bits per heavy atom. The van der Waals surface area contributed by atoms with Gasteiger partial charge in [0.1, 0.15) is 5.75 Å². The molecule has 8 heteroatoms. The van der Waals surface area contributed by atoms with Crippen LogP contribution in [0.4, 0.5) is 5.69 Å². The van der Waals surface area contributed by atoms with Crippen molar-refractivity contribution >= 4 is 21.6 Å². The number of ether oxygens (including phenoxy) is 1. The average Bonchev–Trinajstić information content (AvgIpc) is 2.60. The number of rotatable bonds is 6. The number of piperazine rings is 1. The predicted octanol–water partition coefficient (Wildman–Crippen LogP) is 0.625. The topological polar surface area (TPSA) is 70.2 Å². The highest BCUT2D eigenvalue weighted by molar-refractivity contribution is 7.89. The number of hydrogen-bond acceptors (Lipinski definition) is 5. The predicted molar refractivity (Wildman–Crippen MR) is 93.9 cm³/mol. The first-order valence-electron chi connectivity index (χ1n) is 7.90. The maximum Gasteiger partial charge on any atom is 0.223 e. The SMILES string of the molecule is COc1ccc(N2CCN(C(=O)CCS(=O)(=O)N(C)C)CC2)cc1. The molecule has 0 radical (unpaired) electrons. The van der Waals surface area contributed by atoms with Gasteiger partial charge >= 0.3 is 0 Å². The van der Waals surface area contributed by atoms with Crippen molar-refractivity contribution in [2.24, 2.45) is 0 Å². The Morgan fingerprint density at radius 2 is 1.71 bits per heavy atom. The van der Waals surface area contributed by atoms with E-state index in [-0.39, 0.29) is 18.1 Å². The Balaban J connectivity index is 1.84. The average molecular weight is 355 g/mol. The zero-order chi connectivity index (χ0) is 17.7. The minimum atomic E-state index is -3.33. The number of carbonyl (C=O) groups is 1. The summed E-state index contributed by atoms with van der Waals surface area (Å²) in [6, 6.07) is 7.83. The van der Waals surface area contributed by atoms with Gasteiger partial charge in [0.2, 0.25) is 15.9 Å². The third-order valence-electron chi connectivity index (χ3n) is 4.20. The van der Waals surface area contributed by atoms with E-state index in [2.05, 4.69) is 4.90 Å². The molecule has 2 rings (SSSR count). The first-order valence-corrected chi connectivity index (χ1v) is 9.51. The Morgan fingerprint density at radius 1 is 1.12 bits per heavy atom. The van der Waals surface area contributed by atoms with Crippen molar-refractivity contribution in [3.8, 4) is 5.75 Å². The molecule has 0 bridgehead atoms. The third-order valence-corrected chi connectivity index (χ3v) is 6.03. The van der Waals surface area contributed by atoms with E-state index in [9.17, 15) is 13.2 Å². The molecule has 1 aromatic rings. The summed E-state index contributed by atoms with van der Waals surface area (Å²) < 4.78 is 29.8. The van der Waals surface area contributed by atoms with Crippen LogP contribution in [-0.4, -0.2) is 76.7 Å². The van der Waals surface area contributed by atoms with Crippen LogP contribution in [0, 0.1) is 0 Å². The summed E-state index contributed by atoms with van der Waals surface area (Å²) in [6.07, 6.45) is 0.0308. The lowest BCUT2D eigenvalue weighted by Crippen LogP contribution is -2.49. The van der Waals surface area contributed by atoms with Crippen LogP contribution in [0.25, 0.3) is 0 Å². The summed E-state index contributed by atoms with van der Waals surface area (Å²) >= 11 is 0. The van der Waals surface area contributed by atoms with E-state index in [0.717, 1.165) is 28.8 Å². The second-order valence-corrected chi connectivity index (χ2v) is 8.22. The van der Waals surface area contributed by atoms with Crippen LogP contribution in [0.5, 0.6) is 5.75 Å². The molecule has 1 saturated heterocycles. The minimum absolute atomic E-state index is 0.0308. The first kappa shape index (κ1) is 18.5. The number of hydrogen-bond donors (Lipinski definition) is 0. The van der Waals surface area contributed by atoms with Gasteiger partial charge in [0.15, 0.2) is 0 Å². The van der Waals surface area contributed by atoms with Crippen molar-refractivity contribution < 1.29 is 17.9 Å². The van der Waals surface area contributed by atoms with E-state index in [1.54, 1.807) is 12.0 Å². The van der Waals surface area contributed by atoms with E-state index >= 15 is 0 Å². The number of amides is 1. The summed E-state index contributed by atoms with van der Waals surface area (Å²) in [7, 11) is 1.27. The number of carbonyl (C=O) groups excluding carboxylic acids is 1. The van der Waals surface area contributed by atoms with Gasteiger partial charge in [-0.15, -0.1) is 0 Å². The largest absolute Gasteiger partial charge is 0.497 e. The maximum atomic E-state index is 12.2. The monoisotopic (exact) mass is 355 g/mol. The Labute approximate surface area is 143 Å². The van der Waals surface area contributed by atoms with Crippen LogP contribution < -0.4 is 9.64 Å². The molecule has 134 valence electrons. The zero-order valence-corrected chi connectivity index (χ0v) is 15.3. The molecule has 0 unspecified atom stereocenters. The second kappa shape index (κ2) is 7.85. The first-order chi connectivity index (χ1) is 11.3. The van der Waals surface area contributed by atoms with E-state index in [0.29, 0.717) is 13.1 Å². The Kier molecular flexibility index (Phi) is 6.06. The van der Waals surface area contributed by atoms with E-state index in [1.807, 2.05) is 24.3 Å². The molecular weight excluding hydrogens is 330 g/mol. The summed E-state index contributed by atoms with van der Waals surface area (Å²) in [5, 5.41) is 0. The van der Waals surface area contributed by atoms with Crippen molar-refractivity contribution in [3.63, 3.8) is 0 Å².